The van der Waals surface area contributed by atoms with Gasteiger partial charge in [-0.3, -0.25) is 4.21 Å². The fourth-order valence-electron chi connectivity index (χ4n) is 4.66. The second-order valence-electron chi connectivity index (χ2n) is 8.55. The van der Waals surface area contributed by atoms with Crippen molar-refractivity contribution in [3.63, 3.8) is 0 Å². The number of piperidine rings is 1. The van der Waals surface area contributed by atoms with Crippen LogP contribution >= 0.6 is 11.6 Å². The van der Waals surface area contributed by atoms with Gasteiger partial charge in [0, 0.05) is 42.7 Å². The van der Waals surface area contributed by atoms with Crippen molar-refractivity contribution in [2.24, 2.45) is 0 Å². The first-order chi connectivity index (χ1) is 15.6. The lowest BCUT2D eigenvalue weighted by Crippen LogP contribution is -2.34. The second kappa shape index (κ2) is 9.32. The summed E-state index contributed by atoms with van der Waals surface area (Å²) in [5, 5.41) is 4.20. The number of nitrogens with zero attached hydrogens (tertiary/aromatic N) is 3. The minimum atomic E-state index is -1.10. The van der Waals surface area contributed by atoms with Crippen LogP contribution in [0.5, 0.6) is 0 Å². The van der Waals surface area contributed by atoms with Gasteiger partial charge in [0.05, 0.1) is 22.3 Å². The molecule has 5 rings (SSSR count). The molecule has 0 amide bonds. The normalized spacial score (nSPS) is 23.6. The Bertz CT molecular complexity index is 1100. The quantitative estimate of drug-likeness (QED) is 0.665. The molecule has 0 radical (unpaired) electrons. The fourth-order valence-corrected chi connectivity index (χ4v) is 6.17. The number of hydrogen-bond acceptors (Lipinski definition) is 5. The van der Waals surface area contributed by atoms with Crippen LogP contribution in [-0.4, -0.2) is 39.1 Å². The lowest BCUT2D eigenvalue weighted by atomic mass is 9.89. The highest BCUT2D eigenvalue weighted by Crippen LogP contribution is 2.34. The summed E-state index contributed by atoms with van der Waals surface area (Å²) >= 11 is 6.18. The number of anilines is 2. The summed E-state index contributed by atoms with van der Waals surface area (Å²) in [6.07, 6.45) is 8.89. The Balaban J connectivity index is 1.35. The van der Waals surface area contributed by atoms with Crippen molar-refractivity contribution < 1.29 is 8.60 Å². The van der Waals surface area contributed by atoms with Gasteiger partial charge in [-0.15, -0.1) is 0 Å². The van der Waals surface area contributed by atoms with Crippen molar-refractivity contribution in [3.05, 3.63) is 64.6 Å². The van der Waals surface area contributed by atoms with Crippen LogP contribution in [0.4, 0.5) is 16.2 Å². The monoisotopic (exact) mass is 472 g/mol. The predicted octanol–water partition coefficient (Wildman–Crippen LogP) is 5.16. The number of benzene rings is 1. The Labute approximate surface area is 195 Å². The first-order valence-corrected chi connectivity index (χ1v) is 12.9. The van der Waals surface area contributed by atoms with Crippen LogP contribution in [-0.2, 0) is 17.2 Å². The van der Waals surface area contributed by atoms with Crippen molar-refractivity contribution in [2.45, 2.75) is 49.0 Å². The third kappa shape index (κ3) is 4.59. The molecule has 2 aromatic rings. The zero-order valence-corrected chi connectivity index (χ0v) is 19.3. The molecule has 3 heterocycles. The molecule has 8 heteroatoms. The molecule has 0 spiro atoms. The summed E-state index contributed by atoms with van der Waals surface area (Å²) in [5.41, 5.74) is 2.15. The lowest BCUT2D eigenvalue weighted by molar-refractivity contribution is 0.499. The molecule has 3 aliphatic rings. The van der Waals surface area contributed by atoms with Gasteiger partial charge in [-0.25, -0.2) is 9.37 Å². The van der Waals surface area contributed by atoms with E-state index in [4.69, 9.17) is 21.6 Å². The molecule has 2 aliphatic heterocycles. The summed E-state index contributed by atoms with van der Waals surface area (Å²) in [7, 11) is -1.10. The van der Waals surface area contributed by atoms with Crippen LogP contribution in [0.15, 0.2) is 53.2 Å². The lowest BCUT2D eigenvalue weighted by Gasteiger charge is -2.33. The molecule has 1 saturated heterocycles. The number of aryl methyl sites for hydroxylation is 1. The molecule has 32 heavy (non-hydrogen) atoms. The molecule has 2 atom stereocenters. The highest BCUT2D eigenvalue weighted by molar-refractivity contribution is 7.85. The van der Waals surface area contributed by atoms with E-state index in [2.05, 4.69) is 22.3 Å². The predicted molar refractivity (Wildman–Crippen MR) is 128 cm³/mol. The van der Waals surface area contributed by atoms with Gasteiger partial charge in [0.15, 0.2) is 0 Å². The maximum Gasteiger partial charge on any atom is 0.227 e. The number of fused-ring (bicyclic) bond motifs is 1. The van der Waals surface area contributed by atoms with Crippen molar-refractivity contribution in [1.29, 1.82) is 0 Å². The number of nitrogens with one attached hydrogen (secondary N) is 1. The average Bonchev–Trinajstić information content (AvgIpc) is 3.05. The van der Waals surface area contributed by atoms with E-state index in [0.717, 1.165) is 36.6 Å². The van der Waals surface area contributed by atoms with E-state index in [0.29, 0.717) is 47.6 Å². The molecular formula is C24H26ClFN4OS. The first-order valence-electron chi connectivity index (χ1n) is 11.2. The van der Waals surface area contributed by atoms with Crippen molar-refractivity contribution >= 4 is 34.2 Å². The molecule has 1 aromatic carbocycles. The molecular weight excluding hydrogens is 447 g/mol. The van der Waals surface area contributed by atoms with Crippen LogP contribution in [0.1, 0.15) is 42.9 Å². The number of allylic oxidation sites excluding steroid dienone is 3. The fraction of sp³-hybridized carbons (Fsp3) is 0.417. The maximum absolute atomic E-state index is 13.6. The molecule has 2 unspecified atom stereocenters. The molecule has 1 aliphatic carbocycles. The third-order valence-electron chi connectivity index (χ3n) is 6.41. The van der Waals surface area contributed by atoms with E-state index < -0.39 is 10.8 Å². The van der Waals surface area contributed by atoms with E-state index >= 15 is 0 Å². The van der Waals surface area contributed by atoms with Crippen LogP contribution in [0.25, 0.3) is 0 Å². The van der Waals surface area contributed by atoms with Crippen molar-refractivity contribution in [1.82, 2.24) is 9.97 Å². The highest BCUT2D eigenvalue weighted by Gasteiger charge is 2.29. The molecule has 5 nitrogen and oxygen atoms in total. The molecule has 0 saturated carbocycles. The highest BCUT2D eigenvalue weighted by atomic mass is 35.5. The van der Waals surface area contributed by atoms with E-state index in [1.54, 1.807) is 6.08 Å². The zero-order chi connectivity index (χ0) is 22.1. The Morgan fingerprint density at radius 3 is 2.81 bits per heavy atom. The number of hydrogen-bond donors (Lipinski definition) is 1. The summed E-state index contributed by atoms with van der Waals surface area (Å²) in [6.45, 7) is 1.72. The summed E-state index contributed by atoms with van der Waals surface area (Å²) in [5.74, 6) is 2.26. The van der Waals surface area contributed by atoms with Crippen molar-refractivity contribution in [3.8, 4) is 0 Å². The van der Waals surface area contributed by atoms with Gasteiger partial charge in [-0.05, 0) is 49.0 Å². The summed E-state index contributed by atoms with van der Waals surface area (Å²) in [4.78, 5) is 12.6. The summed E-state index contributed by atoms with van der Waals surface area (Å²) < 4.78 is 26.3. The van der Waals surface area contributed by atoms with Crippen molar-refractivity contribution in [2.75, 3.05) is 29.1 Å². The second-order valence-corrected chi connectivity index (χ2v) is 10.5. The van der Waals surface area contributed by atoms with Gasteiger partial charge in [0.1, 0.15) is 10.7 Å². The van der Waals surface area contributed by atoms with E-state index in [1.807, 2.05) is 18.2 Å². The van der Waals surface area contributed by atoms with Crippen LogP contribution < -0.4 is 10.2 Å². The minimum Gasteiger partial charge on any atom is -0.363 e. The molecule has 1 fully saturated rings. The average molecular weight is 473 g/mol. The SMILES string of the molecule is O=S1CCc2nc(N3CCC(c4cccc(Cl)c4)CC3)nc(NC3C=CC=C(F)CC3)c21. The zero-order valence-electron chi connectivity index (χ0n) is 17.8. The van der Waals surface area contributed by atoms with Gasteiger partial charge in [0.25, 0.3) is 0 Å². The van der Waals surface area contributed by atoms with Gasteiger partial charge in [-0.2, -0.15) is 4.98 Å². The van der Waals surface area contributed by atoms with Crippen LogP contribution in [0.2, 0.25) is 5.02 Å². The van der Waals surface area contributed by atoms with E-state index in [-0.39, 0.29) is 11.9 Å². The molecule has 1 N–H and O–H groups in total. The molecule has 1 aromatic heterocycles. The maximum atomic E-state index is 13.6. The number of halogens is 2. The van der Waals surface area contributed by atoms with E-state index in [1.165, 1.54) is 11.6 Å². The smallest absolute Gasteiger partial charge is 0.227 e. The molecule has 0 bridgehead atoms. The van der Waals surface area contributed by atoms with Crippen LogP contribution in [0.3, 0.4) is 0 Å². The van der Waals surface area contributed by atoms with E-state index in [9.17, 15) is 8.60 Å². The third-order valence-corrected chi connectivity index (χ3v) is 8.10. The minimum absolute atomic E-state index is 0.0579. The topological polar surface area (TPSA) is 58.1 Å². The standard InChI is InChI=1S/C24H26ClFN4OS/c25-18-4-1-3-17(15-18)16-9-12-30(13-10-16)24-28-21-11-14-32(31)22(21)23(29-24)27-20-6-2-5-19(26)7-8-20/h1-6,15-16,20H,7-14H2,(H,27,28,29). The van der Waals surface area contributed by atoms with Gasteiger partial charge in [-0.1, -0.05) is 35.9 Å². The number of rotatable bonds is 4. The Morgan fingerprint density at radius 2 is 2.00 bits per heavy atom. The Kier molecular flexibility index (Phi) is 6.28. The first kappa shape index (κ1) is 21.6. The number of aromatic nitrogens is 2. The van der Waals surface area contributed by atoms with Gasteiger partial charge < -0.3 is 10.2 Å². The van der Waals surface area contributed by atoms with Crippen LogP contribution in [0, 0.1) is 0 Å². The van der Waals surface area contributed by atoms with Gasteiger partial charge >= 0.3 is 0 Å². The molecule has 168 valence electrons. The summed E-state index contributed by atoms with van der Waals surface area (Å²) in [6, 6.07) is 8.06. The Morgan fingerprint density at radius 1 is 1.16 bits per heavy atom. The van der Waals surface area contributed by atoms with Gasteiger partial charge in [0.2, 0.25) is 5.95 Å². The largest absolute Gasteiger partial charge is 0.363 e. The Hall–Kier alpha value is -2.25.